The third-order valence-electron chi connectivity index (χ3n) is 15.5. The quantitative estimate of drug-likeness (QED) is 0.0169. The lowest BCUT2D eigenvalue weighted by Crippen LogP contribution is -2.30. The van der Waals surface area contributed by atoms with Crippen LogP contribution in [-0.2, 0) is 65.4 Å². The molecule has 19 heteroatoms. The summed E-state index contributed by atoms with van der Waals surface area (Å²) in [5, 5.41) is 10.6. The van der Waals surface area contributed by atoms with Gasteiger partial charge in [0.2, 0.25) is 0 Å². The van der Waals surface area contributed by atoms with Gasteiger partial charge in [0.25, 0.3) is 0 Å². The summed E-state index contributed by atoms with van der Waals surface area (Å²) in [6.45, 7) is 4.40. The fraction of sp³-hybridized carbons (Fsp3) is 0.639. The number of carbonyl (C=O) groups excluding carboxylic acids is 4. The maximum atomic E-state index is 13.1. The van der Waals surface area contributed by atoms with Crippen molar-refractivity contribution in [2.75, 3.05) is 39.6 Å². The van der Waals surface area contributed by atoms with Crippen LogP contribution in [-0.4, -0.2) is 96.7 Å². The molecule has 0 rings (SSSR count). The van der Waals surface area contributed by atoms with E-state index in [1.807, 2.05) is 24.3 Å². The van der Waals surface area contributed by atoms with Crippen molar-refractivity contribution in [1.29, 1.82) is 0 Å². The summed E-state index contributed by atoms with van der Waals surface area (Å²) < 4.78 is 68.3. The maximum Gasteiger partial charge on any atom is 0.472 e. The van der Waals surface area contributed by atoms with E-state index in [2.05, 4.69) is 149 Å². The minimum absolute atomic E-state index is 0.0776. The summed E-state index contributed by atoms with van der Waals surface area (Å²) in [6, 6.07) is 0. The number of hydrogen-bond donors (Lipinski definition) is 3. The normalized spacial score (nSPS) is 14.8. The topological polar surface area (TPSA) is 237 Å². The van der Waals surface area contributed by atoms with Crippen LogP contribution in [0.1, 0.15) is 285 Å². The maximum absolute atomic E-state index is 13.1. The lowest BCUT2D eigenvalue weighted by atomic mass is 10.1. The molecule has 580 valence electrons. The Balaban J connectivity index is 5.45. The van der Waals surface area contributed by atoms with E-state index >= 15 is 0 Å². The number of carbonyl (C=O) groups is 4. The van der Waals surface area contributed by atoms with Gasteiger partial charge in [0.05, 0.1) is 32.8 Å². The first-order chi connectivity index (χ1) is 49.7. The number of esters is 4. The highest BCUT2D eigenvalue weighted by atomic mass is 31.2. The van der Waals surface area contributed by atoms with E-state index in [1.165, 1.54) is 57.8 Å². The molecule has 0 heterocycles. The van der Waals surface area contributed by atoms with Gasteiger partial charge in [-0.15, -0.1) is 0 Å². The molecule has 17 nitrogen and oxygen atoms in total. The first kappa shape index (κ1) is 96.7. The van der Waals surface area contributed by atoms with Crippen LogP contribution >= 0.6 is 15.6 Å². The number of phosphoric ester groups is 2. The van der Waals surface area contributed by atoms with Crippen molar-refractivity contribution in [2.45, 2.75) is 303 Å². The van der Waals surface area contributed by atoms with Gasteiger partial charge in [0, 0.05) is 19.3 Å². The second-order valence-electron chi connectivity index (χ2n) is 25.2. The van der Waals surface area contributed by atoms with Crippen LogP contribution in [0.15, 0.2) is 158 Å². The molecule has 0 spiro atoms. The highest BCUT2D eigenvalue weighted by Gasteiger charge is 2.30. The van der Waals surface area contributed by atoms with Crippen LogP contribution in [0.5, 0.6) is 0 Å². The van der Waals surface area contributed by atoms with Crippen LogP contribution in [0, 0.1) is 0 Å². The fourth-order valence-electron chi connectivity index (χ4n) is 9.69. The van der Waals surface area contributed by atoms with E-state index in [9.17, 15) is 43.2 Å². The van der Waals surface area contributed by atoms with Gasteiger partial charge in [0.1, 0.15) is 19.3 Å². The number of allylic oxidation sites excluding steroid dienone is 25. The highest BCUT2D eigenvalue weighted by molar-refractivity contribution is 7.47. The smallest absolute Gasteiger partial charge is 0.462 e. The van der Waals surface area contributed by atoms with Crippen molar-refractivity contribution in [3.63, 3.8) is 0 Å². The van der Waals surface area contributed by atoms with Gasteiger partial charge in [-0.1, -0.05) is 288 Å². The van der Waals surface area contributed by atoms with Gasteiger partial charge < -0.3 is 33.8 Å². The van der Waals surface area contributed by atoms with Crippen LogP contribution in [0.2, 0.25) is 0 Å². The highest BCUT2D eigenvalue weighted by Crippen LogP contribution is 2.45. The number of aliphatic hydroxyl groups excluding tert-OH is 1. The molecule has 0 fully saturated rings. The van der Waals surface area contributed by atoms with Crippen molar-refractivity contribution in [2.24, 2.45) is 0 Å². The lowest BCUT2D eigenvalue weighted by Gasteiger charge is -2.21. The summed E-state index contributed by atoms with van der Waals surface area (Å²) >= 11 is 0. The first-order valence-corrected chi connectivity index (χ1v) is 41.7. The second kappa shape index (κ2) is 74.0. The summed E-state index contributed by atoms with van der Waals surface area (Å²) in [7, 11) is -10.0. The number of phosphoric acid groups is 2. The molecule has 0 aromatic carbocycles. The summed E-state index contributed by atoms with van der Waals surface area (Å²) in [6.07, 6.45) is 85.6. The Labute approximate surface area is 617 Å². The van der Waals surface area contributed by atoms with Gasteiger partial charge in [-0.3, -0.25) is 37.3 Å². The van der Waals surface area contributed by atoms with Crippen molar-refractivity contribution >= 4 is 39.5 Å². The zero-order valence-corrected chi connectivity index (χ0v) is 65.0. The average Bonchev–Trinajstić information content (AvgIpc) is 0.926. The van der Waals surface area contributed by atoms with Gasteiger partial charge in [-0.05, 0) is 128 Å². The van der Waals surface area contributed by atoms with Crippen LogP contribution in [0.25, 0.3) is 0 Å². The molecule has 0 aliphatic carbocycles. The van der Waals surface area contributed by atoms with Crippen molar-refractivity contribution in [1.82, 2.24) is 0 Å². The SMILES string of the molecule is CC/C=C\C/C=C\C/C=C\C/C=C\C/C=C\CCCC(=O)OCC(COP(=O)(O)OCC(O)COP(=O)(O)OCC(COC(=O)CCCCCCCC/C=C\C/C=C\C/C=C\CCCCC)OC(=O)C/C=C\C/C=C\C/C=C\C/C=C\C/C=C\CC)OC(=O)CCCCCCCCCCCCC. The molecule has 102 heavy (non-hydrogen) atoms. The Hall–Kier alpha value is -5.32. The second-order valence-corrected chi connectivity index (χ2v) is 28.1. The molecule has 0 saturated heterocycles. The van der Waals surface area contributed by atoms with E-state index < -0.39 is 97.5 Å². The third kappa shape index (κ3) is 73.0. The molecular weight excluding hydrogens is 1330 g/mol. The summed E-state index contributed by atoms with van der Waals surface area (Å²) in [5.74, 6) is -2.41. The molecule has 5 unspecified atom stereocenters. The summed E-state index contributed by atoms with van der Waals surface area (Å²) in [4.78, 5) is 72.8. The van der Waals surface area contributed by atoms with Crippen LogP contribution in [0.3, 0.4) is 0 Å². The number of hydrogen-bond acceptors (Lipinski definition) is 15. The van der Waals surface area contributed by atoms with E-state index in [0.717, 1.165) is 141 Å². The average molecular weight is 1470 g/mol. The molecule has 0 bridgehead atoms. The Morgan fingerprint density at radius 3 is 0.931 bits per heavy atom. The summed E-state index contributed by atoms with van der Waals surface area (Å²) in [5.41, 5.74) is 0. The van der Waals surface area contributed by atoms with Gasteiger partial charge in [-0.25, -0.2) is 9.13 Å². The Morgan fingerprint density at radius 2 is 0.559 bits per heavy atom. The molecule has 0 radical (unpaired) electrons. The fourth-order valence-corrected chi connectivity index (χ4v) is 11.3. The van der Waals surface area contributed by atoms with Gasteiger partial charge in [-0.2, -0.15) is 0 Å². The van der Waals surface area contributed by atoms with E-state index in [4.69, 9.17) is 37.0 Å². The molecule has 0 aliphatic rings. The van der Waals surface area contributed by atoms with Crippen molar-refractivity contribution < 1.29 is 80.2 Å². The van der Waals surface area contributed by atoms with Crippen LogP contribution < -0.4 is 0 Å². The first-order valence-electron chi connectivity index (χ1n) is 38.7. The van der Waals surface area contributed by atoms with E-state index in [1.54, 1.807) is 12.2 Å². The molecule has 0 aromatic rings. The number of aliphatic hydroxyl groups is 1. The van der Waals surface area contributed by atoms with Crippen molar-refractivity contribution in [3.8, 4) is 0 Å². The van der Waals surface area contributed by atoms with Crippen LogP contribution in [0.4, 0.5) is 0 Å². The third-order valence-corrected chi connectivity index (χ3v) is 17.4. The Morgan fingerprint density at radius 1 is 0.294 bits per heavy atom. The molecule has 0 amide bonds. The lowest BCUT2D eigenvalue weighted by molar-refractivity contribution is -0.161. The standard InChI is InChI=1S/C83H136O17P2/c1-5-9-13-17-21-25-29-32-35-37-38-40-43-45-49-52-56-60-64-68-81(86)94-74-79(100-83(88)70-66-62-58-54-50-46-41-34-31-27-23-19-15-11-7-3)76-98-102(91,92)96-72-77(84)71-95-101(89,90)97-75-78(99-82(87)69-65-61-57-53-47-28-24-20-16-12-8-4)73-93-80(85)67-63-59-55-51-48-44-42-39-36-33-30-26-22-18-14-10-6-2/h10-11,14-15,21-23,25-27,32-36,38,40-42,44,50-51,54-55,62,66,77-79,84H,5-9,12-13,16-20,24,28-31,37,39,43,45-49,52-53,56-61,63-65,67-76H2,1-4H3,(H,89,90)(H,91,92)/b14-10-,15-11-,25-21-,26-22-,27-23-,35-32-,36-33-,40-38-,41-34-,44-42-,54-50-,55-51-,66-62-. The zero-order valence-electron chi connectivity index (χ0n) is 63.2. The molecule has 3 N–H and O–H groups in total. The minimum Gasteiger partial charge on any atom is -0.462 e. The Kier molecular flexibility index (Phi) is 70.1. The van der Waals surface area contributed by atoms with E-state index in [-0.39, 0.29) is 25.7 Å². The zero-order chi connectivity index (χ0) is 74.6. The number of unbranched alkanes of at least 4 members (excludes halogenated alkanes) is 20. The monoisotopic (exact) mass is 1470 g/mol. The molecule has 0 aromatic heterocycles. The number of rotatable bonds is 71. The predicted molar refractivity (Wildman–Crippen MR) is 417 cm³/mol. The molecule has 0 saturated carbocycles. The van der Waals surface area contributed by atoms with Gasteiger partial charge >= 0.3 is 39.5 Å². The number of ether oxygens (including phenoxy) is 4. The largest absolute Gasteiger partial charge is 0.472 e. The molecular formula is C83H136O17P2. The van der Waals surface area contributed by atoms with Crippen molar-refractivity contribution in [3.05, 3.63) is 158 Å². The molecule has 0 aliphatic heterocycles. The minimum atomic E-state index is -5.01. The Bertz CT molecular complexity index is 2550. The molecule has 5 atom stereocenters. The predicted octanol–water partition coefficient (Wildman–Crippen LogP) is 22.4. The van der Waals surface area contributed by atoms with Gasteiger partial charge in [0.15, 0.2) is 12.2 Å². The van der Waals surface area contributed by atoms with E-state index in [0.29, 0.717) is 32.1 Å².